The third kappa shape index (κ3) is 4.40. The number of amides is 2. The van der Waals surface area contributed by atoms with Crippen LogP contribution in [0.2, 0.25) is 0 Å². The second-order valence-corrected chi connectivity index (χ2v) is 7.51. The minimum Gasteiger partial charge on any atom is -0.394 e. The van der Waals surface area contributed by atoms with E-state index in [1.807, 2.05) is 13.8 Å². The van der Waals surface area contributed by atoms with Crippen molar-refractivity contribution in [1.82, 2.24) is 10.6 Å². The summed E-state index contributed by atoms with van der Waals surface area (Å²) in [6, 6.07) is 7.98. The highest BCUT2D eigenvalue weighted by Crippen LogP contribution is 2.39. The fourth-order valence-corrected chi connectivity index (χ4v) is 3.25. The molecule has 0 saturated heterocycles. The van der Waals surface area contributed by atoms with Gasteiger partial charge in [0.25, 0.3) is 0 Å². The predicted molar refractivity (Wildman–Crippen MR) is 91.1 cm³/mol. The smallest absolute Gasteiger partial charge is 0.315 e. The zero-order valence-corrected chi connectivity index (χ0v) is 14.4. The van der Waals surface area contributed by atoms with Crippen LogP contribution in [0.1, 0.15) is 45.2 Å². The van der Waals surface area contributed by atoms with Crippen molar-refractivity contribution < 1.29 is 9.90 Å². The van der Waals surface area contributed by atoms with Gasteiger partial charge in [-0.25, -0.2) is 4.79 Å². The van der Waals surface area contributed by atoms with Gasteiger partial charge in [-0.2, -0.15) is 0 Å². The van der Waals surface area contributed by atoms with E-state index < -0.39 is 5.54 Å². The summed E-state index contributed by atoms with van der Waals surface area (Å²) >= 11 is 1.80. The highest BCUT2D eigenvalue weighted by molar-refractivity contribution is 7.99. The summed E-state index contributed by atoms with van der Waals surface area (Å²) in [5.74, 6) is 1.44. The molecule has 5 heteroatoms. The zero-order valence-electron chi connectivity index (χ0n) is 13.6. The van der Waals surface area contributed by atoms with Crippen LogP contribution in [0.3, 0.4) is 0 Å². The van der Waals surface area contributed by atoms with E-state index in [0.717, 1.165) is 24.2 Å². The van der Waals surface area contributed by atoms with E-state index in [2.05, 4.69) is 41.8 Å². The van der Waals surface area contributed by atoms with E-state index in [4.69, 9.17) is 0 Å². The third-order valence-electron chi connectivity index (χ3n) is 4.24. The minimum absolute atomic E-state index is 0.0254. The average molecular weight is 322 g/mol. The molecule has 22 heavy (non-hydrogen) atoms. The molecule has 0 spiro atoms. The van der Waals surface area contributed by atoms with Gasteiger partial charge in [-0.15, -0.1) is 11.8 Å². The first kappa shape index (κ1) is 17.2. The van der Waals surface area contributed by atoms with Crippen LogP contribution in [0.5, 0.6) is 0 Å². The second-order valence-electron chi connectivity index (χ2n) is 6.17. The minimum atomic E-state index is -0.509. The Kier molecular flexibility index (Phi) is 5.75. The molecule has 3 N–H and O–H groups in total. The molecule has 4 nitrogen and oxygen atoms in total. The number of hydrogen-bond acceptors (Lipinski definition) is 3. The van der Waals surface area contributed by atoms with Gasteiger partial charge in [-0.1, -0.05) is 19.1 Å². The van der Waals surface area contributed by atoms with E-state index >= 15 is 0 Å². The number of carbonyl (C=O) groups excluding carboxylic acids is 1. The Hall–Kier alpha value is -1.20. The molecule has 1 aliphatic carbocycles. The lowest BCUT2D eigenvalue weighted by Crippen LogP contribution is -2.54. The molecule has 2 amide bonds. The van der Waals surface area contributed by atoms with Crippen LogP contribution in [0.4, 0.5) is 4.79 Å². The van der Waals surface area contributed by atoms with Crippen LogP contribution in [-0.4, -0.2) is 29.0 Å². The largest absolute Gasteiger partial charge is 0.394 e. The maximum atomic E-state index is 12.2. The Balaban J connectivity index is 1.90. The fourth-order valence-electron chi connectivity index (χ4n) is 2.59. The van der Waals surface area contributed by atoms with Gasteiger partial charge < -0.3 is 15.7 Å². The topological polar surface area (TPSA) is 61.4 Å². The summed E-state index contributed by atoms with van der Waals surface area (Å²) in [7, 11) is 0. The Morgan fingerprint density at radius 1 is 1.41 bits per heavy atom. The first-order valence-corrected chi connectivity index (χ1v) is 8.89. The Labute approximate surface area is 137 Å². The van der Waals surface area contributed by atoms with E-state index in [9.17, 15) is 9.90 Å². The van der Waals surface area contributed by atoms with Crippen LogP contribution < -0.4 is 10.6 Å². The van der Waals surface area contributed by atoms with Crippen molar-refractivity contribution >= 4 is 17.8 Å². The summed E-state index contributed by atoms with van der Waals surface area (Å²) in [5, 5.41) is 15.4. The SMILES string of the molecule is CCSc1ccc(C(C)NC(=O)NC(C)(CO)C2CC2)cc1. The van der Waals surface area contributed by atoms with Gasteiger partial charge in [0.05, 0.1) is 18.2 Å². The molecule has 0 aliphatic heterocycles. The molecule has 122 valence electrons. The predicted octanol–water partition coefficient (Wildman–Crippen LogP) is 3.32. The number of urea groups is 1. The lowest BCUT2D eigenvalue weighted by atomic mass is 9.97. The van der Waals surface area contributed by atoms with Gasteiger partial charge in [-0.05, 0) is 56.1 Å². The monoisotopic (exact) mass is 322 g/mol. The number of hydrogen-bond donors (Lipinski definition) is 3. The van der Waals surface area contributed by atoms with Crippen LogP contribution in [-0.2, 0) is 0 Å². The summed E-state index contributed by atoms with van der Waals surface area (Å²) < 4.78 is 0. The van der Waals surface area contributed by atoms with Crippen molar-refractivity contribution in [2.24, 2.45) is 5.92 Å². The number of nitrogens with one attached hydrogen (secondary N) is 2. The van der Waals surface area contributed by atoms with Crippen molar-refractivity contribution in [3.63, 3.8) is 0 Å². The normalized spacial score (nSPS) is 18.4. The number of carbonyl (C=O) groups is 1. The number of aliphatic hydroxyl groups is 1. The maximum Gasteiger partial charge on any atom is 0.315 e. The number of thioether (sulfide) groups is 1. The van der Waals surface area contributed by atoms with Gasteiger partial charge in [0.2, 0.25) is 0 Å². The third-order valence-corrected chi connectivity index (χ3v) is 5.14. The number of benzene rings is 1. The highest BCUT2D eigenvalue weighted by atomic mass is 32.2. The summed E-state index contributed by atoms with van der Waals surface area (Å²) in [6.07, 6.45) is 2.15. The first-order chi connectivity index (χ1) is 10.5. The molecule has 1 saturated carbocycles. The molecule has 1 aliphatic rings. The second kappa shape index (κ2) is 7.38. The summed E-state index contributed by atoms with van der Waals surface area (Å²) in [6.45, 7) is 5.98. The Morgan fingerprint density at radius 3 is 2.55 bits per heavy atom. The van der Waals surface area contributed by atoms with Crippen molar-refractivity contribution in [3.05, 3.63) is 29.8 Å². The van der Waals surface area contributed by atoms with Gasteiger partial charge >= 0.3 is 6.03 Å². The van der Waals surface area contributed by atoms with Gasteiger partial charge in [0, 0.05) is 4.90 Å². The quantitative estimate of drug-likeness (QED) is 0.675. The molecular formula is C17H26N2O2S. The fraction of sp³-hybridized carbons (Fsp3) is 0.588. The van der Waals surface area contributed by atoms with Crippen LogP contribution in [0, 0.1) is 5.92 Å². The molecule has 0 heterocycles. The average Bonchev–Trinajstić information content (AvgIpc) is 3.33. The van der Waals surface area contributed by atoms with Crippen molar-refractivity contribution in [1.29, 1.82) is 0 Å². The lowest BCUT2D eigenvalue weighted by Gasteiger charge is -2.29. The summed E-state index contributed by atoms with van der Waals surface area (Å²) in [4.78, 5) is 13.4. The molecule has 2 atom stereocenters. The molecule has 0 bridgehead atoms. The molecule has 1 fully saturated rings. The molecule has 2 rings (SSSR count). The molecule has 1 aromatic rings. The Morgan fingerprint density at radius 2 is 2.05 bits per heavy atom. The van der Waals surface area contributed by atoms with E-state index in [-0.39, 0.29) is 18.7 Å². The van der Waals surface area contributed by atoms with Crippen molar-refractivity contribution in [2.45, 2.75) is 50.1 Å². The van der Waals surface area contributed by atoms with Crippen molar-refractivity contribution in [3.8, 4) is 0 Å². The Bertz CT molecular complexity index is 502. The van der Waals surface area contributed by atoms with Crippen LogP contribution in [0.15, 0.2) is 29.2 Å². The summed E-state index contributed by atoms with van der Waals surface area (Å²) in [5.41, 5.74) is 0.568. The zero-order chi connectivity index (χ0) is 16.2. The number of aliphatic hydroxyl groups excluding tert-OH is 1. The van der Waals surface area contributed by atoms with Crippen LogP contribution in [0.25, 0.3) is 0 Å². The van der Waals surface area contributed by atoms with E-state index in [1.165, 1.54) is 4.90 Å². The maximum absolute atomic E-state index is 12.2. The highest BCUT2D eigenvalue weighted by Gasteiger charge is 2.42. The molecule has 0 radical (unpaired) electrons. The first-order valence-electron chi connectivity index (χ1n) is 7.91. The molecule has 1 aromatic carbocycles. The van der Waals surface area contributed by atoms with Crippen LogP contribution >= 0.6 is 11.8 Å². The van der Waals surface area contributed by atoms with Gasteiger partial charge in [0.15, 0.2) is 0 Å². The molecule has 0 aromatic heterocycles. The lowest BCUT2D eigenvalue weighted by molar-refractivity contribution is 0.154. The van der Waals surface area contributed by atoms with E-state index in [1.54, 1.807) is 11.8 Å². The standard InChI is InChI=1S/C17H26N2O2S/c1-4-22-15-9-5-13(6-10-15)12(2)18-16(21)19-17(3,11-20)14-7-8-14/h5-6,9-10,12,14,20H,4,7-8,11H2,1-3H3,(H2,18,19,21). The molecular weight excluding hydrogens is 296 g/mol. The van der Waals surface area contributed by atoms with Gasteiger partial charge in [-0.3, -0.25) is 0 Å². The van der Waals surface area contributed by atoms with E-state index in [0.29, 0.717) is 5.92 Å². The van der Waals surface area contributed by atoms with Gasteiger partial charge in [0.1, 0.15) is 0 Å². The molecule has 2 unspecified atom stereocenters. The van der Waals surface area contributed by atoms with Crippen molar-refractivity contribution in [2.75, 3.05) is 12.4 Å². The number of rotatable bonds is 7.